The number of nitrogens with zero attached hydrogens (tertiary/aromatic N) is 2. The molecule has 0 aromatic heterocycles. The van der Waals surface area contributed by atoms with Crippen molar-refractivity contribution >= 4 is 5.91 Å². The van der Waals surface area contributed by atoms with Crippen LogP contribution < -0.4 is 0 Å². The predicted octanol–water partition coefficient (Wildman–Crippen LogP) is 3.43. The van der Waals surface area contributed by atoms with Gasteiger partial charge < -0.3 is 9.80 Å². The first-order valence-corrected chi connectivity index (χ1v) is 8.83. The first-order valence-electron chi connectivity index (χ1n) is 8.83. The van der Waals surface area contributed by atoms with Gasteiger partial charge in [0.15, 0.2) is 0 Å². The molecule has 2 aliphatic heterocycles. The number of piperidine rings is 2. The van der Waals surface area contributed by atoms with Crippen molar-refractivity contribution in [3.05, 3.63) is 0 Å². The number of unbranched alkanes of at least 4 members (excludes halogenated alkanes) is 2. The maximum atomic E-state index is 12.4. The normalized spacial score (nSPS) is 24.9. The van der Waals surface area contributed by atoms with Gasteiger partial charge in [0.2, 0.25) is 5.91 Å². The Balaban J connectivity index is 1.82. The Morgan fingerprint density at radius 2 is 1.75 bits per heavy atom. The molecule has 116 valence electrons. The van der Waals surface area contributed by atoms with Crippen LogP contribution in [0.5, 0.6) is 0 Å². The van der Waals surface area contributed by atoms with Gasteiger partial charge in [-0.3, -0.25) is 4.79 Å². The van der Waals surface area contributed by atoms with E-state index in [1.165, 1.54) is 64.5 Å². The molecule has 2 fully saturated rings. The molecule has 20 heavy (non-hydrogen) atoms. The van der Waals surface area contributed by atoms with Gasteiger partial charge >= 0.3 is 0 Å². The largest absolute Gasteiger partial charge is 0.338 e. The quantitative estimate of drug-likeness (QED) is 0.696. The van der Waals surface area contributed by atoms with Crippen LogP contribution in [0.2, 0.25) is 0 Å². The zero-order chi connectivity index (χ0) is 14.2. The van der Waals surface area contributed by atoms with Gasteiger partial charge in [0.1, 0.15) is 0 Å². The highest BCUT2D eigenvalue weighted by Crippen LogP contribution is 2.21. The average Bonchev–Trinajstić information content (AvgIpc) is 2.49. The highest BCUT2D eigenvalue weighted by atomic mass is 16.2. The number of carbonyl (C=O) groups is 1. The van der Waals surface area contributed by atoms with Crippen molar-refractivity contribution in [3.63, 3.8) is 0 Å². The molecule has 0 N–H and O–H groups in total. The number of amides is 1. The van der Waals surface area contributed by atoms with E-state index < -0.39 is 0 Å². The molecule has 2 aliphatic rings. The van der Waals surface area contributed by atoms with Gasteiger partial charge in [-0.2, -0.15) is 0 Å². The highest BCUT2D eigenvalue weighted by Gasteiger charge is 2.28. The summed E-state index contributed by atoms with van der Waals surface area (Å²) in [5.74, 6) is 0.417. The summed E-state index contributed by atoms with van der Waals surface area (Å²) in [5, 5.41) is 0. The summed E-state index contributed by atoms with van der Waals surface area (Å²) in [6.07, 6.45) is 12.0. The second-order valence-corrected chi connectivity index (χ2v) is 6.56. The number of likely N-dealkylation sites (tertiary alicyclic amines) is 2. The number of hydrogen-bond acceptors (Lipinski definition) is 2. The Kier molecular flexibility index (Phi) is 6.85. The van der Waals surface area contributed by atoms with Crippen LogP contribution in [-0.2, 0) is 4.79 Å². The lowest BCUT2D eigenvalue weighted by molar-refractivity contribution is -0.135. The van der Waals surface area contributed by atoms with Crippen molar-refractivity contribution in [2.24, 2.45) is 0 Å². The highest BCUT2D eigenvalue weighted by molar-refractivity contribution is 5.76. The van der Waals surface area contributed by atoms with E-state index in [1.807, 2.05) is 0 Å². The first-order chi connectivity index (χ1) is 9.81. The van der Waals surface area contributed by atoms with Gasteiger partial charge in [0.25, 0.3) is 0 Å². The summed E-state index contributed by atoms with van der Waals surface area (Å²) in [4.78, 5) is 17.2. The fraction of sp³-hybridized carbons (Fsp3) is 0.941. The third-order valence-corrected chi connectivity index (χ3v) is 4.86. The zero-order valence-corrected chi connectivity index (χ0v) is 13.3. The van der Waals surface area contributed by atoms with E-state index in [1.54, 1.807) is 0 Å². The minimum absolute atomic E-state index is 0.417. The maximum Gasteiger partial charge on any atom is 0.222 e. The second kappa shape index (κ2) is 8.66. The molecule has 0 aromatic rings. The molecular weight excluding hydrogens is 248 g/mol. The van der Waals surface area contributed by atoms with Gasteiger partial charge in [-0.25, -0.2) is 0 Å². The minimum atomic E-state index is 0.417. The fourth-order valence-corrected chi connectivity index (χ4v) is 3.63. The molecule has 1 unspecified atom stereocenters. The predicted molar refractivity (Wildman–Crippen MR) is 83.8 cm³/mol. The zero-order valence-electron chi connectivity index (χ0n) is 13.3. The molecular formula is C17H32N2O. The number of carbonyl (C=O) groups excluding carboxylic acids is 1. The van der Waals surface area contributed by atoms with Crippen molar-refractivity contribution in [3.8, 4) is 0 Å². The molecule has 0 aromatic carbocycles. The smallest absolute Gasteiger partial charge is 0.222 e. The van der Waals surface area contributed by atoms with Crippen LogP contribution in [0.25, 0.3) is 0 Å². The summed E-state index contributed by atoms with van der Waals surface area (Å²) < 4.78 is 0. The minimum Gasteiger partial charge on any atom is -0.338 e. The van der Waals surface area contributed by atoms with E-state index in [4.69, 9.17) is 0 Å². The van der Waals surface area contributed by atoms with Gasteiger partial charge in [-0.1, -0.05) is 26.2 Å². The molecule has 3 nitrogen and oxygen atoms in total. The van der Waals surface area contributed by atoms with Crippen LogP contribution in [0.3, 0.4) is 0 Å². The number of rotatable bonds is 6. The van der Waals surface area contributed by atoms with Crippen molar-refractivity contribution in [1.82, 2.24) is 9.80 Å². The molecule has 2 rings (SSSR count). The van der Waals surface area contributed by atoms with Crippen LogP contribution in [0.15, 0.2) is 0 Å². The summed E-state index contributed by atoms with van der Waals surface area (Å²) in [7, 11) is 0. The maximum absolute atomic E-state index is 12.4. The summed E-state index contributed by atoms with van der Waals surface area (Å²) >= 11 is 0. The lowest BCUT2D eigenvalue weighted by Gasteiger charge is -2.40. The Hall–Kier alpha value is -0.570. The molecule has 0 bridgehead atoms. The summed E-state index contributed by atoms with van der Waals surface area (Å²) in [6, 6.07) is 0.496. The number of hydrogen-bond donors (Lipinski definition) is 0. The Labute approximate surface area is 124 Å². The van der Waals surface area contributed by atoms with Crippen LogP contribution in [0.4, 0.5) is 0 Å². The lowest BCUT2D eigenvalue weighted by atomic mass is 9.99. The Bertz CT molecular complexity index is 287. The van der Waals surface area contributed by atoms with Crippen molar-refractivity contribution in [2.45, 2.75) is 77.2 Å². The van der Waals surface area contributed by atoms with E-state index in [0.717, 1.165) is 25.9 Å². The van der Waals surface area contributed by atoms with Crippen LogP contribution >= 0.6 is 0 Å². The van der Waals surface area contributed by atoms with Gasteiger partial charge in [-0.15, -0.1) is 0 Å². The molecule has 1 amide bonds. The van der Waals surface area contributed by atoms with Crippen LogP contribution in [-0.4, -0.2) is 47.9 Å². The molecule has 2 heterocycles. The van der Waals surface area contributed by atoms with Gasteiger partial charge in [-0.05, 0) is 51.6 Å². The van der Waals surface area contributed by atoms with Gasteiger partial charge in [0, 0.05) is 25.6 Å². The van der Waals surface area contributed by atoms with Crippen LogP contribution in [0, 0.1) is 0 Å². The molecule has 0 aliphatic carbocycles. The SMILES string of the molecule is CCCCCC(=O)N1CCCCC1CN1CCCCC1. The first kappa shape index (κ1) is 15.8. The van der Waals surface area contributed by atoms with Crippen molar-refractivity contribution in [2.75, 3.05) is 26.2 Å². The van der Waals surface area contributed by atoms with E-state index in [-0.39, 0.29) is 0 Å². The molecule has 0 spiro atoms. The van der Waals surface area contributed by atoms with Crippen LogP contribution in [0.1, 0.15) is 71.1 Å². The summed E-state index contributed by atoms with van der Waals surface area (Å²) in [6.45, 7) is 6.82. The van der Waals surface area contributed by atoms with E-state index >= 15 is 0 Å². The Morgan fingerprint density at radius 1 is 1.00 bits per heavy atom. The van der Waals surface area contributed by atoms with E-state index in [0.29, 0.717) is 11.9 Å². The molecule has 2 saturated heterocycles. The standard InChI is InChI=1S/C17H32N2O/c1-2-3-5-11-17(20)19-14-9-6-10-16(19)15-18-12-7-4-8-13-18/h16H,2-15H2,1H3. The van der Waals surface area contributed by atoms with Gasteiger partial charge in [0.05, 0.1) is 0 Å². The third kappa shape index (κ3) is 4.76. The van der Waals surface area contributed by atoms with E-state index in [2.05, 4.69) is 16.7 Å². The molecule has 1 atom stereocenters. The lowest BCUT2D eigenvalue weighted by Crippen LogP contribution is -2.50. The Morgan fingerprint density at radius 3 is 2.50 bits per heavy atom. The topological polar surface area (TPSA) is 23.6 Å². The monoisotopic (exact) mass is 280 g/mol. The molecule has 3 heteroatoms. The van der Waals surface area contributed by atoms with Crippen molar-refractivity contribution in [1.29, 1.82) is 0 Å². The fourth-order valence-electron chi connectivity index (χ4n) is 3.63. The van der Waals surface area contributed by atoms with E-state index in [9.17, 15) is 4.79 Å². The van der Waals surface area contributed by atoms with Crippen molar-refractivity contribution < 1.29 is 4.79 Å². The molecule has 0 saturated carbocycles. The second-order valence-electron chi connectivity index (χ2n) is 6.56. The summed E-state index contributed by atoms with van der Waals surface area (Å²) in [5.41, 5.74) is 0. The molecule has 0 radical (unpaired) electrons. The third-order valence-electron chi connectivity index (χ3n) is 4.86. The average molecular weight is 280 g/mol.